The quantitative estimate of drug-likeness (QED) is 0.833. The number of hydrogen-bond acceptors (Lipinski definition) is 2. The van der Waals surface area contributed by atoms with Crippen LogP contribution in [0, 0.1) is 5.92 Å². The summed E-state index contributed by atoms with van der Waals surface area (Å²) in [5.74, 6) is 1.53. The van der Waals surface area contributed by atoms with Crippen molar-refractivity contribution in [3.63, 3.8) is 0 Å². The SMILES string of the molecule is O=C(c1ccccc1)N1CCC(CN2CCC(c3ccccc3)CC2)C1. The molecule has 1 unspecified atom stereocenters. The van der Waals surface area contributed by atoms with Crippen LogP contribution >= 0.6 is 0 Å². The number of nitrogens with zero attached hydrogens (tertiary/aromatic N) is 2. The van der Waals surface area contributed by atoms with Crippen LogP contribution in [0.15, 0.2) is 60.7 Å². The topological polar surface area (TPSA) is 23.6 Å². The second kappa shape index (κ2) is 8.05. The van der Waals surface area contributed by atoms with Crippen LogP contribution in [-0.4, -0.2) is 48.4 Å². The molecule has 2 aliphatic rings. The van der Waals surface area contributed by atoms with E-state index in [1.165, 1.54) is 31.5 Å². The maximum Gasteiger partial charge on any atom is 0.253 e. The first kappa shape index (κ1) is 17.3. The van der Waals surface area contributed by atoms with Crippen LogP contribution in [0.1, 0.15) is 41.1 Å². The zero-order valence-electron chi connectivity index (χ0n) is 15.4. The normalized spacial score (nSPS) is 21.8. The molecule has 2 aromatic carbocycles. The Morgan fingerprint density at radius 2 is 1.50 bits per heavy atom. The van der Waals surface area contributed by atoms with Gasteiger partial charge >= 0.3 is 0 Å². The Kier molecular flexibility index (Phi) is 5.35. The van der Waals surface area contributed by atoms with Gasteiger partial charge in [0, 0.05) is 25.2 Å². The Balaban J connectivity index is 1.25. The van der Waals surface area contributed by atoms with Crippen molar-refractivity contribution in [3.05, 3.63) is 71.8 Å². The molecule has 0 N–H and O–H groups in total. The molecule has 1 amide bonds. The summed E-state index contributed by atoms with van der Waals surface area (Å²) in [7, 11) is 0. The maximum atomic E-state index is 12.6. The van der Waals surface area contributed by atoms with Crippen molar-refractivity contribution in [1.29, 1.82) is 0 Å². The molecule has 3 nitrogen and oxygen atoms in total. The highest BCUT2D eigenvalue weighted by Gasteiger charge is 2.29. The van der Waals surface area contributed by atoms with Crippen molar-refractivity contribution in [3.8, 4) is 0 Å². The molecule has 1 atom stereocenters. The molecule has 0 bridgehead atoms. The highest BCUT2D eigenvalue weighted by molar-refractivity contribution is 5.94. The lowest BCUT2D eigenvalue weighted by atomic mass is 9.89. The fraction of sp³-hybridized carbons (Fsp3) is 0.435. The Bertz CT molecular complexity index is 708. The fourth-order valence-corrected chi connectivity index (χ4v) is 4.47. The van der Waals surface area contributed by atoms with Gasteiger partial charge in [0.05, 0.1) is 0 Å². The molecule has 0 spiro atoms. The molecular weight excluding hydrogens is 320 g/mol. The number of carbonyl (C=O) groups excluding carboxylic acids is 1. The monoisotopic (exact) mass is 348 g/mol. The van der Waals surface area contributed by atoms with E-state index in [1.807, 2.05) is 35.2 Å². The average Bonchev–Trinajstić information content (AvgIpc) is 3.18. The first-order valence-electron chi connectivity index (χ1n) is 9.91. The van der Waals surface area contributed by atoms with Gasteiger partial charge in [-0.15, -0.1) is 0 Å². The smallest absolute Gasteiger partial charge is 0.253 e. The summed E-state index contributed by atoms with van der Waals surface area (Å²) < 4.78 is 0. The minimum absolute atomic E-state index is 0.191. The van der Waals surface area contributed by atoms with Gasteiger partial charge in [-0.2, -0.15) is 0 Å². The van der Waals surface area contributed by atoms with Gasteiger partial charge in [0.25, 0.3) is 5.91 Å². The molecular formula is C23H28N2O. The van der Waals surface area contributed by atoms with Gasteiger partial charge in [-0.3, -0.25) is 4.79 Å². The second-order valence-electron chi connectivity index (χ2n) is 7.76. The summed E-state index contributed by atoms with van der Waals surface area (Å²) in [4.78, 5) is 17.2. The number of piperidine rings is 1. The first-order chi connectivity index (χ1) is 12.8. The van der Waals surface area contributed by atoms with Crippen LogP contribution in [-0.2, 0) is 0 Å². The fourth-order valence-electron chi connectivity index (χ4n) is 4.47. The highest BCUT2D eigenvalue weighted by atomic mass is 16.2. The molecule has 2 fully saturated rings. The second-order valence-corrected chi connectivity index (χ2v) is 7.76. The number of amides is 1. The molecule has 4 rings (SSSR count). The number of benzene rings is 2. The lowest BCUT2D eigenvalue weighted by Gasteiger charge is -2.33. The summed E-state index contributed by atoms with van der Waals surface area (Å²) in [6.45, 7) is 5.32. The van der Waals surface area contributed by atoms with Crippen molar-refractivity contribution in [2.45, 2.75) is 25.2 Å². The molecule has 0 radical (unpaired) electrons. The number of likely N-dealkylation sites (tertiary alicyclic amines) is 2. The van der Waals surface area contributed by atoms with E-state index in [9.17, 15) is 4.79 Å². The van der Waals surface area contributed by atoms with E-state index in [0.29, 0.717) is 11.8 Å². The predicted octanol–water partition coefficient (Wildman–Crippen LogP) is 4.03. The van der Waals surface area contributed by atoms with Crippen molar-refractivity contribution in [1.82, 2.24) is 9.80 Å². The molecule has 2 aromatic rings. The molecule has 0 saturated carbocycles. The molecule has 26 heavy (non-hydrogen) atoms. The summed E-state index contributed by atoms with van der Waals surface area (Å²) in [5.41, 5.74) is 2.31. The summed E-state index contributed by atoms with van der Waals surface area (Å²) >= 11 is 0. The van der Waals surface area contributed by atoms with Crippen LogP contribution < -0.4 is 0 Å². The molecule has 3 heteroatoms. The Hall–Kier alpha value is -2.13. The molecule has 0 aromatic heterocycles. The van der Waals surface area contributed by atoms with Crippen LogP contribution in [0.5, 0.6) is 0 Å². The van der Waals surface area contributed by atoms with Gasteiger partial charge < -0.3 is 9.80 Å². The van der Waals surface area contributed by atoms with Gasteiger partial charge in [-0.25, -0.2) is 0 Å². The van der Waals surface area contributed by atoms with Crippen LogP contribution in [0.3, 0.4) is 0 Å². The predicted molar refractivity (Wildman–Crippen MR) is 105 cm³/mol. The maximum absolute atomic E-state index is 12.6. The summed E-state index contributed by atoms with van der Waals surface area (Å²) in [6, 6.07) is 20.6. The minimum atomic E-state index is 0.191. The number of rotatable bonds is 4. The number of hydrogen-bond donors (Lipinski definition) is 0. The van der Waals surface area contributed by atoms with E-state index in [-0.39, 0.29) is 5.91 Å². The minimum Gasteiger partial charge on any atom is -0.338 e. The first-order valence-corrected chi connectivity index (χ1v) is 9.91. The van der Waals surface area contributed by atoms with Crippen LogP contribution in [0.2, 0.25) is 0 Å². The molecule has 136 valence electrons. The van der Waals surface area contributed by atoms with Gasteiger partial charge in [-0.1, -0.05) is 48.5 Å². The van der Waals surface area contributed by atoms with E-state index < -0.39 is 0 Å². The van der Waals surface area contributed by atoms with Crippen molar-refractivity contribution in [2.24, 2.45) is 5.92 Å². The lowest BCUT2D eigenvalue weighted by molar-refractivity contribution is 0.0782. The standard InChI is InChI=1S/C23H28N2O/c26-23(22-9-5-2-6-10-22)25-16-11-19(18-25)17-24-14-12-21(13-15-24)20-7-3-1-4-8-20/h1-10,19,21H,11-18H2. The number of carbonyl (C=O) groups is 1. The largest absolute Gasteiger partial charge is 0.338 e. The zero-order valence-corrected chi connectivity index (χ0v) is 15.4. The third kappa shape index (κ3) is 3.99. The Morgan fingerprint density at radius 3 is 2.19 bits per heavy atom. The van der Waals surface area contributed by atoms with Crippen molar-refractivity contribution >= 4 is 5.91 Å². The summed E-state index contributed by atoms with van der Waals surface area (Å²) in [6.07, 6.45) is 3.64. The Morgan fingerprint density at radius 1 is 0.846 bits per heavy atom. The van der Waals surface area contributed by atoms with Crippen LogP contribution in [0.25, 0.3) is 0 Å². The van der Waals surface area contributed by atoms with Gasteiger partial charge in [0.2, 0.25) is 0 Å². The molecule has 2 saturated heterocycles. The molecule has 0 aliphatic carbocycles. The molecule has 2 heterocycles. The van der Waals surface area contributed by atoms with E-state index in [2.05, 4.69) is 35.2 Å². The van der Waals surface area contributed by atoms with Gasteiger partial charge in [-0.05, 0) is 61.9 Å². The van der Waals surface area contributed by atoms with Crippen molar-refractivity contribution < 1.29 is 4.79 Å². The third-order valence-corrected chi connectivity index (χ3v) is 5.97. The van der Waals surface area contributed by atoms with Crippen LogP contribution in [0.4, 0.5) is 0 Å². The third-order valence-electron chi connectivity index (χ3n) is 5.97. The van der Waals surface area contributed by atoms with E-state index in [4.69, 9.17) is 0 Å². The molecule has 2 aliphatic heterocycles. The van der Waals surface area contributed by atoms with E-state index >= 15 is 0 Å². The van der Waals surface area contributed by atoms with Crippen molar-refractivity contribution in [2.75, 3.05) is 32.7 Å². The average molecular weight is 348 g/mol. The lowest BCUT2D eigenvalue weighted by Crippen LogP contribution is -2.37. The van der Waals surface area contributed by atoms with Gasteiger partial charge in [0.1, 0.15) is 0 Å². The Labute approximate surface area is 156 Å². The van der Waals surface area contributed by atoms with E-state index in [1.54, 1.807) is 0 Å². The zero-order chi connectivity index (χ0) is 17.8. The van der Waals surface area contributed by atoms with Gasteiger partial charge in [0.15, 0.2) is 0 Å². The summed E-state index contributed by atoms with van der Waals surface area (Å²) in [5, 5.41) is 0. The highest BCUT2D eigenvalue weighted by Crippen LogP contribution is 2.29. The van der Waals surface area contributed by atoms with E-state index in [0.717, 1.165) is 31.6 Å².